The van der Waals surface area contributed by atoms with Crippen molar-refractivity contribution in [1.82, 2.24) is 0 Å². The Morgan fingerprint density at radius 2 is 1.62 bits per heavy atom. The van der Waals surface area contributed by atoms with Gasteiger partial charge in [-0.05, 0) is 67.1 Å². The lowest BCUT2D eigenvalue weighted by atomic mass is 9.83. The molecule has 2 aromatic rings. The van der Waals surface area contributed by atoms with E-state index in [1.807, 2.05) is 30.3 Å². The summed E-state index contributed by atoms with van der Waals surface area (Å²) >= 11 is 0. The van der Waals surface area contributed by atoms with Crippen molar-refractivity contribution in [2.75, 3.05) is 6.61 Å². The van der Waals surface area contributed by atoms with Gasteiger partial charge in [-0.25, -0.2) is 0 Å². The molecule has 0 aliphatic heterocycles. The summed E-state index contributed by atoms with van der Waals surface area (Å²) in [6, 6.07) is 18.8. The van der Waals surface area contributed by atoms with Crippen molar-refractivity contribution in [3.8, 4) is 0 Å². The van der Waals surface area contributed by atoms with Crippen molar-refractivity contribution < 1.29 is 15.0 Å². The van der Waals surface area contributed by atoms with Crippen LogP contribution in [0, 0.1) is 11.8 Å². The standard InChI is InChI=1S/C26H34O3/c27-19-22(18-25(26(28)29)16-11-20-7-3-1-4-8-20)17-21-12-14-24(15-13-21)23-9-5-2-6-10-23/h1,3-4,7-8,12-15,22-23,25,27H,2,5-6,9-11,16-19H2,(H,28,29). The monoisotopic (exact) mass is 394 g/mol. The van der Waals surface area contributed by atoms with Gasteiger partial charge in [0, 0.05) is 6.61 Å². The quantitative estimate of drug-likeness (QED) is 0.551. The van der Waals surface area contributed by atoms with E-state index in [0.29, 0.717) is 18.8 Å². The molecule has 1 aliphatic carbocycles. The van der Waals surface area contributed by atoms with E-state index in [1.54, 1.807) is 0 Å². The topological polar surface area (TPSA) is 57.5 Å². The van der Waals surface area contributed by atoms with Crippen LogP contribution in [0.5, 0.6) is 0 Å². The molecule has 156 valence electrons. The predicted molar refractivity (Wildman–Crippen MR) is 117 cm³/mol. The fourth-order valence-corrected chi connectivity index (χ4v) is 4.65. The van der Waals surface area contributed by atoms with E-state index < -0.39 is 11.9 Å². The molecule has 1 fully saturated rings. The Hall–Kier alpha value is -2.13. The molecule has 3 heteroatoms. The van der Waals surface area contributed by atoms with Crippen molar-refractivity contribution in [1.29, 1.82) is 0 Å². The zero-order valence-corrected chi connectivity index (χ0v) is 17.3. The van der Waals surface area contributed by atoms with Crippen molar-refractivity contribution in [2.45, 2.75) is 63.7 Å². The van der Waals surface area contributed by atoms with Crippen LogP contribution >= 0.6 is 0 Å². The molecule has 1 aliphatic rings. The molecule has 0 radical (unpaired) electrons. The van der Waals surface area contributed by atoms with Crippen LogP contribution < -0.4 is 0 Å². The highest BCUT2D eigenvalue weighted by molar-refractivity contribution is 5.70. The van der Waals surface area contributed by atoms with Gasteiger partial charge in [0.05, 0.1) is 5.92 Å². The maximum atomic E-state index is 11.8. The smallest absolute Gasteiger partial charge is 0.306 e. The summed E-state index contributed by atoms with van der Waals surface area (Å²) < 4.78 is 0. The van der Waals surface area contributed by atoms with Crippen LogP contribution in [0.1, 0.15) is 67.6 Å². The number of aliphatic carboxylic acids is 1. The zero-order valence-electron chi connectivity index (χ0n) is 17.3. The Morgan fingerprint density at radius 1 is 0.931 bits per heavy atom. The fraction of sp³-hybridized carbons (Fsp3) is 0.500. The number of carboxylic acids is 1. The largest absolute Gasteiger partial charge is 0.481 e. The van der Waals surface area contributed by atoms with Crippen molar-refractivity contribution in [3.05, 3.63) is 71.3 Å². The Balaban J connectivity index is 1.55. The van der Waals surface area contributed by atoms with Gasteiger partial charge in [0.15, 0.2) is 0 Å². The third kappa shape index (κ3) is 6.71. The van der Waals surface area contributed by atoms with Gasteiger partial charge in [0.25, 0.3) is 0 Å². The molecule has 0 spiro atoms. The van der Waals surface area contributed by atoms with Crippen LogP contribution in [0.3, 0.4) is 0 Å². The average Bonchev–Trinajstić information content (AvgIpc) is 2.77. The molecule has 2 aromatic carbocycles. The molecule has 0 aromatic heterocycles. The van der Waals surface area contributed by atoms with E-state index in [0.717, 1.165) is 18.4 Å². The SMILES string of the molecule is O=C(O)C(CCc1ccccc1)CC(CO)Cc1ccc(C2CCCCC2)cc1. The lowest BCUT2D eigenvalue weighted by molar-refractivity contribution is -0.142. The Bertz CT molecular complexity index is 732. The molecule has 3 nitrogen and oxygen atoms in total. The van der Waals surface area contributed by atoms with Gasteiger partial charge in [-0.2, -0.15) is 0 Å². The first-order valence-electron chi connectivity index (χ1n) is 11.1. The number of hydrogen-bond donors (Lipinski definition) is 2. The van der Waals surface area contributed by atoms with Gasteiger partial charge >= 0.3 is 5.97 Å². The highest BCUT2D eigenvalue weighted by atomic mass is 16.4. The molecule has 0 heterocycles. The first kappa shape index (κ1) is 21.6. The summed E-state index contributed by atoms with van der Waals surface area (Å²) in [5.41, 5.74) is 3.79. The summed E-state index contributed by atoms with van der Waals surface area (Å²) in [5.74, 6) is -0.505. The minimum absolute atomic E-state index is 0.0209. The number of benzene rings is 2. The van der Waals surface area contributed by atoms with E-state index >= 15 is 0 Å². The molecule has 2 N–H and O–H groups in total. The van der Waals surface area contributed by atoms with Gasteiger partial charge in [0.2, 0.25) is 0 Å². The van der Waals surface area contributed by atoms with Crippen LogP contribution in [0.2, 0.25) is 0 Å². The Labute approximate surface area is 174 Å². The van der Waals surface area contributed by atoms with Crippen molar-refractivity contribution in [2.24, 2.45) is 11.8 Å². The second kappa shape index (κ2) is 11.2. The number of aryl methyl sites for hydroxylation is 1. The van der Waals surface area contributed by atoms with Crippen LogP contribution in [-0.4, -0.2) is 22.8 Å². The molecule has 0 amide bonds. The summed E-state index contributed by atoms with van der Waals surface area (Å²) in [4.78, 5) is 11.8. The molecule has 29 heavy (non-hydrogen) atoms. The molecular formula is C26H34O3. The number of carbonyl (C=O) groups is 1. The maximum absolute atomic E-state index is 11.8. The van der Waals surface area contributed by atoms with Gasteiger partial charge in [-0.3, -0.25) is 4.79 Å². The minimum atomic E-state index is -0.757. The van der Waals surface area contributed by atoms with Crippen molar-refractivity contribution in [3.63, 3.8) is 0 Å². The first-order valence-corrected chi connectivity index (χ1v) is 11.1. The molecule has 1 saturated carbocycles. The van der Waals surface area contributed by atoms with Crippen molar-refractivity contribution >= 4 is 5.97 Å². The minimum Gasteiger partial charge on any atom is -0.481 e. The van der Waals surface area contributed by atoms with E-state index in [2.05, 4.69) is 24.3 Å². The summed E-state index contributed by atoms with van der Waals surface area (Å²) in [6.07, 6.45) is 9.22. The summed E-state index contributed by atoms with van der Waals surface area (Å²) in [7, 11) is 0. The van der Waals surface area contributed by atoms with E-state index in [9.17, 15) is 15.0 Å². The predicted octanol–water partition coefficient (Wildman–Crippen LogP) is 5.61. The van der Waals surface area contributed by atoms with Crippen LogP contribution in [-0.2, 0) is 17.6 Å². The Kier molecular flexibility index (Phi) is 8.30. The maximum Gasteiger partial charge on any atom is 0.306 e. The molecule has 0 bridgehead atoms. The number of aliphatic hydroxyl groups is 1. The number of hydrogen-bond acceptors (Lipinski definition) is 2. The Morgan fingerprint density at radius 3 is 2.24 bits per heavy atom. The fourth-order valence-electron chi connectivity index (χ4n) is 4.65. The zero-order chi connectivity index (χ0) is 20.5. The van der Waals surface area contributed by atoms with Crippen LogP contribution in [0.25, 0.3) is 0 Å². The van der Waals surface area contributed by atoms with Gasteiger partial charge in [-0.15, -0.1) is 0 Å². The lowest BCUT2D eigenvalue weighted by Gasteiger charge is -2.23. The van der Waals surface area contributed by atoms with Gasteiger partial charge in [-0.1, -0.05) is 73.9 Å². The molecule has 2 atom stereocenters. The number of aliphatic hydroxyl groups excluding tert-OH is 1. The first-order chi connectivity index (χ1) is 14.2. The third-order valence-electron chi connectivity index (χ3n) is 6.43. The van der Waals surface area contributed by atoms with Gasteiger partial charge < -0.3 is 10.2 Å². The normalized spacial score (nSPS) is 17.0. The molecule has 3 rings (SSSR count). The van der Waals surface area contributed by atoms with Crippen LogP contribution in [0.4, 0.5) is 0 Å². The second-order valence-corrected chi connectivity index (χ2v) is 8.62. The van der Waals surface area contributed by atoms with E-state index in [4.69, 9.17) is 0 Å². The number of rotatable bonds is 10. The summed E-state index contributed by atoms with van der Waals surface area (Å²) in [6.45, 7) is 0.0273. The van der Waals surface area contributed by atoms with Gasteiger partial charge in [0.1, 0.15) is 0 Å². The van der Waals surface area contributed by atoms with E-state index in [1.165, 1.54) is 43.2 Å². The average molecular weight is 395 g/mol. The highest BCUT2D eigenvalue weighted by Crippen LogP contribution is 2.33. The molecule has 2 unspecified atom stereocenters. The second-order valence-electron chi connectivity index (χ2n) is 8.62. The summed E-state index contributed by atoms with van der Waals surface area (Å²) in [5, 5.41) is 19.5. The van der Waals surface area contributed by atoms with Crippen LogP contribution in [0.15, 0.2) is 54.6 Å². The van der Waals surface area contributed by atoms with E-state index in [-0.39, 0.29) is 12.5 Å². The lowest BCUT2D eigenvalue weighted by Crippen LogP contribution is -2.22. The molecular weight excluding hydrogens is 360 g/mol. The highest BCUT2D eigenvalue weighted by Gasteiger charge is 2.23. The number of carboxylic acid groups (broad SMARTS) is 1. The third-order valence-corrected chi connectivity index (χ3v) is 6.43. The molecule has 0 saturated heterocycles.